The average molecular weight is 211 g/mol. The summed E-state index contributed by atoms with van der Waals surface area (Å²) >= 11 is 0. The zero-order valence-electron chi connectivity index (χ0n) is 10.2. The van der Waals surface area contributed by atoms with E-state index in [0.29, 0.717) is 11.3 Å². The first-order valence-corrected chi connectivity index (χ1v) is 6.50. The lowest BCUT2D eigenvalue weighted by Crippen LogP contribution is -2.56. The van der Waals surface area contributed by atoms with Crippen LogP contribution in [0.15, 0.2) is 0 Å². The van der Waals surface area contributed by atoms with Gasteiger partial charge in [0.05, 0.1) is 6.10 Å². The number of hydrogen-bond donors (Lipinski definition) is 1. The fourth-order valence-electron chi connectivity index (χ4n) is 3.39. The van der Waals surface area contributed by atoms with Crippen molar-refractivity contribution in [2.45, 2.75) is 52.1 Å². The molecule has 2 nitrogen and oxygen atoms in total. The molecule has 1 aliphatic carbocycles. The van der Waals surface area contributed by atoms with Crippen molar-refractivity contribution in [3.05, 3.63) is 0 Å². The molecule has 2 aliphatic rings. The molecule has 1 atom stereocenters. The number of rotatable bonds is 4. The van der Waals surface area contributed by atoms with Gasteiger partial charge in [0.2, 0.25) is 0 Å². The number of nitrogens with zero attached hydrogens (tertiary/aromatic N) is 1. The van der Waals surface area contributed by atoms with Crippen LogP contribution in [-0.2, 0) is 0 Å². The van der Waals surface area contributed by atoms with Gasteiger partial charge in [0, 0.05) is 19.6 Å². The number of likely N-dealkylation sites (tertiary alicyclic amines) is 1. The minimum Gasteiger partial charge on any atom is -0.392 e. The number of hydrogen-bond acceptors (Lipinski definition) is 2. The summed E-state index contributed by atoms with van der Waals surface area (Å²) in [7, 11) is 0. The van der Waals surface area contributed by atoms with Crippen LogP contribution in [0.25, 0.3) is 0 Å². The summed E-state index contributed by atoms with van der Waals surface area (Å²) in [5.41, 5.74) is 0.678. The summed E-state index contributed by atoms with van der Waals surface area (Å²) in [4.78, 5) is 2.44. The first kappa shape index (κ1) is 11.4. The molecule has 1 spiro atoms. The zero-order chi connectivity index (χ0) is 10.9. The SMILES string of the molecule is CC(C)CC(O)CN1CC2(CCCC2)C1. The predicted octanol–water partition coefficient (Wildman–Crippen LogP) is 2.27. The molecular weight excluding hydrogens is 186 g/mol. The average Bonchev–Trinajstić information content (AvgIpc) is 2.50. The molecule has 1 heterocycles. The van der Waals surface area contributed by atoms with E-state index in [1.54, 1.807) is 0 Å². The first-order chi connectivity index (χ1) is 7.10. The van der Waals surface area contributed by atoms with Crippen molar-refractivity contribution in [2.75, 3.05) is 19.6 Å². The Kier molecular flexibility index (Phi) is 3.36. The summed E-state index contributed by atoms with van der Waals surface area (Å²) < 4.78 is 0. The van der Waals surface area contributed by atoms with E-state index >= 15 is 0 Å². The van der Waals surface area contributed by atoms with Crippen LogP contribution < -0.4 is 0 Å². The fourth-order valence-corrected chi connectivity index (χ4v) is 3.39. The van der Waals surface area contributed by atoms with Gasteiger partial charge in [-0.05, 0) is 30.6 Å². The highest BCUT2D eigenvalue weighted by atomic mass is 16.3. The van der Waals surface area contributed by atoms with Gasteiger partial charge in [-0.2, -0.15) is 0 Å². The molecule has 88 valence electrons. The molecule has 15 heavy (non-hydrogen) atoms. The standard InChI is InChI=1S/C13H25NO/c1-11(2)7-12(15)8-14-9-13(10-14)5-3-4-6-13/h11-12,15H,3-10H2,1-2H3. The highest BCUT2D eigenvalue weighted by Crippen LogP contribution is 2.45. The van der Waals surface area contributed by atoms with Crippen LogP contribution in [0.2, 0.25) is 0 Å². The minimum absolute atomic E-state index is 0.108. The maximum Gasteiger partial charge on any atom is 0.0669 e. The molecule has 1 N–H and O–H groups in total. The van der Waals surface area contributed by atoms with Gasteiger partial charge in [-0.25, -0.2) is 0 Å². The Morgan fingerprint density at radius 3 is 2.33 bits per heavy atom. The van der Waals surface area contributed by atoms with Crippen LogP contribution in [0, 0.1) is 11.3 Å². The molecular formula is C13H25NO. The summed E-state index contributed by atoms with van der Waals surface area (Å²) in [6.07, 6.45) is 6.57. The molecule has 1 unspecified atom stereocenters. The normalized spacial score (nSPS) is 27.2. The Morgan fingerprint density at radius 1 is 1.20 bits per heavy atom. The molecule has 2 heteroatoms. The topological polar surface area (TPSA) is 23.5 Å². The molecule has 0 aromatic heterocycles. The number of aliphatic hydroxyl groups excluding tert-OH is 1. The second-order valence-electron chi connectivity index (χ2n) is 6.16. The second-order valence-corrected chi connectivity index (χ2v) is 6.16. The molecule has 1 saturated carbocycles. The first-order valence-electron chi connectivity index (χ1n) is 6.50. The lowest BCUT2D eigenvalue weighted by atomic mass is 9.78. The van der Waals surface area contributed by atoms with Crippen LogP contribution >= 0.6 is 0 Å². The van der Waals surface area contributed by atoms with Crippen molar-refractivity contribution in [3.63, 3.8) is 0 Å². The van der Waals surface area contributed by atoms with E-state index in [0.717, 1.165) is 13.0 Å². The van der Waals surface area contributed by atoms with Crippen LogP contribution in [-0.4, -0.2) is 35.7 Å². The van der Waals surface area contributed by atoms with E-state index in [1.165, 1.54) is 38.8 Å². The quantitative estimate of drug-likeness (QED) is 0.771. The molecule has 0 amide bonds. The van der Waals surface area contributed by atoms with E-state index in [2.05, 4.69) is 18.7 Å². The highest BCUT2D eigenvalue weighted by molar-refractivity contribution is 4.98. The number of aliphatic hydroxyl groups is 1. The van der Waals surface area contributed by atoms with E-state index in [-0.39, 0.29) is 6.10 Å². The largest absolute Gasteiger partial charge is 0.392 e. The molecule has 0 aromatic carbocycles. The monoisotopic (exact) mass is 211 g/mol. The van der Waals surface area contributed by atoms with Gasteiger partial charge >= 0.3 is 0 Å². The van der Waals surface area contributed by atoms with Gasteiger partial charge in [-0.1, -0.05) is 26.7 Å². The highest BCUT2D eigenvalue weighted by Gasteiger charge is 2.44. The van der Waals surface area contributed by atoms with Gasteiger partial charge in [-0.3, -0.25) is 4.90 Å². The van der Waals surface area contributed by atoms with Crippen LogP contribution in [0.4, 0.5) is 0 Å². The van der Waals surface area contributed by atoms with Gasteiger partial charge in [0.25, 0.3) is 0 Å². The van der Waals surface area contributed by atoms with E-state index in [1.807, 2.05) is 0 Å². The molecule has 0 bridgehead atoms. The summed E-state index contributed by atoms with van der Waals surface area (Å²) in [5.74, 6) is 0.613. The van der Waals surface area contributed by atoms with Gasteiger partial charge in [-0.15, -0.1) is 0 Å². The molecule has 2 fully saturated rings. The van der Waals surface area contributed by atoms with Crippen molar-refractivity contribution >= 4 is 0 Å². The van der Waals surface area contributed by atoms with Gasteiger partial charge in [0.1, 0.15) is 0 Å². The van der Waals surface area contributed by atoms with Crippen molar-refractivity contribution in [2.24, 2.45) is 11.3 Å². The maximum atomic E-state index is 9.84. The molecule has 1 saturated heterocycles. The van der Waals surface area contributed by atoms with Crippen LogP contribution in [0.5, 0.6) is 0 Å². The van der Waals surface area contributed by atoms with Gasteiger partial charge < -0.3 is 5.11 Å². The molecule has 1 aliphatic heterocycles. The lowest BCUT2D eigenvalue weighted by Gasteiger charge is -2.49. The van der Waals surface area contributed by atoms with E-state index < -0.39 is 0 Å². The molecule has 0 aromatic rings. The third-order valence-corrected chi connectivity index (χ3v) is 3.99. The smallest absolute Gasteiger partial charge is 0.0669 e. The summed E-state index contributed by atoms with van der Waals surface area (Å²) in [6, 6.07) is 0. The zero-order valence-corrected chi connectivity index (χ0v) is 10.2. The lowest BCUT2D eigenvalue weighted by molar-refractivity contribution is -0.0269. The Balaban J connectivity index is 1.66. The Morgan fingerprint density at radius 2 is 1.80 bits per heavy atom. The Labute approximate surface area is 93.7 Å². The Bertz CT molecular complexity index is 201. The van der Waals surface area contributed by atoms with E-state index in [9.17, 15) is 5.11 Å². The molecule has 0 radical (unpaired) electrons. The maximum absolute atomic E-state index is 9.84. The number of β-amino-alcohol motifs (C(OH)–C–C–N with tert-alkyl or cyclic N) is 1. The Hall–Kier alpha value is -0.0800. The fraction of sp³-hybridized carbons (Fsp3) is 1.00. The third kappa shape index (κ3) is 2.73. The molecule has 2 rings (SSSR count). The van der Waals surface area contributed by atoms with Gasteiger partial charge in [0.15, 0.2) is 0 Å². The minimum atomic E-state index is -0.108. The summed E-state index contributed by atoms with van der Waals surface area (Å²) in [6.45, 7) is 7.76. The van der Waals surface area contributed by atoms with Crippen LogP contribution in [0.3, 0.4) is 0 Å². The van der Waals surface area contributed by atoms with Crippen molar-refractivity contribution in [3.8, 4) is 0 Å². The van der Waals surface area contributed by atoms with Crippen LogP contribution in [0.1, 0.15) is 46.0 Å². The van der Waals surface area contributed by atoms with Crippen molar-refractivity contribution in [1.82, 2.24) is 4.90 Å². The summed E-state index contributed by atoms with van der Waals surface area (Å²) in [5, 5.41) is 9.84. The van der Waals surface area contributed by atoms with E-state index in [4.69, 9.17) is 0 Å². The van der Waals surface area contributed by atoms with Crippen molar-refractivity contribution < 1.29 is 5.11 Å². The van der Waals surface area contributed by atoms with Crippen molar-refractivity contribution in [1.29, 1.82) is 0 Å². The third-order valence-electron chi connectivity index (χ3n) is 3.99. The predicted molar refractivity (Wildman–Crippen MR) is 62.8 cm³/mol. The second kappa shape index (κ2) is 4.42.